The van der Waals surface area contributed by atoms with Crippen LogP contribution in [-0.2, 0) is 16.1 Å². The second-order valence-corrected chi connectivity index (χ2v) is 10.2. The molecule has 0 atom stereocenters. The van der Waals surface area contributed by atoms with E-state index in [9.17, 15) is 9.90 Å². The highest BCUT2D eigenvalue weighted by molar-refractivity contribution is 9.10. The maximum absolute atomic E-state index is 12.7. The van der Waals surface area contributed by atoms with E-state index in [-0.39, 0.29) is 24.5 Å². The third kappa shape index (κ3) is 6.62. The van der Waals surface area contributed by atoms with Gasteiger partial charge >= 0.3 is 5.97 Å². The predicted molar refractivity (Wildman–Crippen MR) is 156 cm³/mol. The van der Waals surface area contributed by atoms with Gasteiger partial charge in [-0.1, -0.05) is 59.8 Å². The van der Waals surface area contributed by atoms with Crippen molar-refractivity contribution in [3.8, 4) is 11.5 Å². The van der Waals surface area contributed by atoms with E-state index in [1.165, 1.54) is 11.8 Å². The highest BCUT2D eigenvalue weighted by Gasteiger charge is 2.33. The van der Waals surface area contributed by atoms with E-state index in [1.54, 1.807) is 13.0 Å². The monoisotopic (exact) mass is 613 g/mol. The number of aliphatic hydroxyl groups excluding tert-OH is 1. The normalized spacial score (nSPS) is 15.3. The molecule has 1 aliphatic rings. The Hall–Kier alpha value is -3.20. The molecule has 38 heavy (non-hydrogen) atoms. The molecule has 1 aliphatic heterocycles. The number of ether oxygens (including phenoxy) is 3. The SMILES string of the molecule is CCOC(=O)C1=C(O)/C(=C/c2cc(Br)c(OCc3ccccc3Cl)c(OCC)c2)SC1=Nc1ccccc1. The van der Waals surface area contributed by atoms with Gasteiger partial charge in [-0.3, -0.25) is 0 Å². The van der Waals surface area contributed by atoms with E-state index in [0.717, 1.165) is 11.1 Å². The van der Waals surface area contributed by atoms with Crippen molar-refractivity contribution in [2.24, 2.45) is 4.99 Å². The average Bonchev–Trinajstić information content (AvgIpc) is 3.19. The van der Waals surface area contributed by atoms with Gasteiger partial charge in [-0.15, -0.1) is 0 Å². The number of hydrogen-bond acceptors (Lipinski definition) is 7. The third-order valence-corrected chi connectivity index (χ3v) is 7.29. The first kappa shape index (κ1) is 27.8. The molecule has 3 aromatic rings. The molecule has 196 valence electrons. The van der Waals surface area contributed by atoms with E-state index in [1.807, 2.05) is 73.7 Å². The van der Waals surface area contributed by atoms with Crippen LogP contribution in [0.15, 0.2) is 92.4 Å². The number of carbonyl (C=O) groups excluding carboxylic acids is 1. The number of nitrogens with zero attached hydrogens (tertiary/aromatic N) is 1. The number of thioether (sulfide) groups is 1. The first-order valence-electron chi connectivity index (χ1n) is 11.9. The molecular formula is C29H25BrClNO5S. The summed E-state index contributed by atoms with van der Waals surface area (Å²) in [5, 5.41) is 12.0. The van der Waals surface area contributed by atoms with Crippen LogP contribution in [0, 0.1) is 0 Å². The molecule has 0 saturated carbocycles. The summed E-state index contributed by atoms with van der Waals surface area (Å²) in [6.07, 6.45) is 1.76. The summed E-state index contributed by atoms with van der Waals surface area (Å²) >= 11 is 11.1. The standard InChI is InChI=1S/C29H25BrClNO5S/c1-3-35-23-15-18(14-21(30)27(23)37-17-19-10-8-9-13-22(19)31)16-24-26(33)25(29(34)36-4-2)28(38-24)32-20-11-6-5-7-12-20/h5-16,33H,3-4,17H2,1-2H3/b24-16-,32-28?. The van der Waals surface area contributed by atoms with Crippen molar-refractivity contribution in [1.29, 1.82) is 0 Å². The van der Waals surface area contributed by atoms with Crippen LogP contribution in [0.25, 0.3) is 6.08 Å². The van der Waals surface area contributed by atoms with Gasteiger partial charge in [0, 0.05) is 10.6 Å². The molecular weight excluding hydrogens is 590 g/mol. The van der Waals surface area contributed by atoms with Crippen LogP contribution in [-0.4, -0.2) is 29.3 Å². The number of para-hydroxylation sites is 1. The molecule has 0 bridgehead atoms. The summed E-state index contributed by atoms with van der Waals surface area (Å²) in [5.41, 5.74) is 2.27. The van der Waals surface area contributed by atoms with Gasteiger partial charge in [0.05, 0.1) is 28.3 Å². The molecule has 1 heterocycles. The lowest BCUT2D eigenvalue weighted by molar-refractivity contribution is -0.138. The number of aliphatic imine (C=N–C) groups is 1. The zero-order valence-corrected chi connectivity index (χ0v) is 23.9. The molecule has 0 saturated heterocycles. The van der Waals surface area contributed by atoms with Gasteiger partial charge in [-0.25, -0.2) is 9.79 Å². The van der Waals surface area contributed by atoms with E-state index >= 15 is 0 Å². The smallest absolute Gasteiger partial charge is 0.344 e. The fraction of sp³-hybridized carbons (Fsp3) is 0.172. The predicted octanol–water partition coefficient (Wildman–Crippen LogP) is 8.27. The second kappa shape index (κ2) is 13.0. The first-order valence-corrected chi connectivity index (χ1v) is 13.9. The minimum Gasteiger partial charge on any atom is -0.506 e. The first-order chi connectivity index (χ1) is 18.4. The Balaban J connectivity index is 1.68. The van der Waals surface area contributed by atoms with Gasteiger partial charge in [-0.2, -0.15) is 0 Å². The Morgan fingerprint density at radius 2 is 1.79 bits per heavy atom. The van der Waals surface area contributed by atoms with Crippen LogP contribution < -0.4 is 9.47 Å². The number of esters is 1. The quantitative estimate of drug-likeness (QED) is 0.245. The van der Waals surface area contributed by atoms with Crippen LogP contribution in [0.3, 0.4) is 0 Å². The Bertz CT molecular complexity index is 1420. The lowest BCUT2D eigenvalue weighted by atomic mass is 10.1. The number of carbonyl (C=O) groups is 1. The summed E-state index contributed by atoms with van der Waals surface area (Å²) in [6, 6.07) is 20.4. The minimum atomic E-state index is -0.630. The number of aliphatic hydroxyl groups is 1. The zero-order chi connectivity index (χ0) is 27.1. The van der Waals surface area contributed by atoms with Crippen molar-refractivity contribution in [2.75, 3.05) is 13.2 Å². The Kier molecular flexibility index (Phi) is 9.55. The van der Waals surface area contributed by atoms with Crippen molar-refractivity contribution in [1.82, 2.24) is 0 Å². The molecule has 9 heteroatoms. The number of halogens is 2. The maximum atomic E-state index is 12.7. The summed E-state index contributed by atoms with van der Waals surface area (Å²) in [4.78, 5) is 17.7. The van der Waals surface area contributed by atoms with Crippen molar-refractivity contribution in [3.05, 3.63) is 104 Å². The molecule has 3 aromatic carbocycles. The summed E-state index contributed by atoms with van der Waals surface area (Å²) in [7, 11) is 0. The molecule has 0 fully saturated rings. The third-order valence-electron chi connectivity index (χ3n) is 5.32. The highest BCUT2D eigenvalue weighted by atomic mass is 79.9. The van der Waals surface area contributed by atoms with Crippen LogP contribution in [0.5, 0.6) is 11.5 Å². The number of rotatable bonds is 9. The fourth-order valence-corrected chi connectivity index (χ4v) is 5.40. The molecule has 0 aliphatic carbocycles. The van der Waals surface area contributed by atoms with Crippen molar-refractivity contribution in [3.63, 3.8) is 0 Å². The second-order valence-electron chi connectivity index (χ2n) is 7.95. The molecule has 0 amide bonds. The van der Waals surface area contributed by atoms with Gasteiger partial charge in [0.2, 0.25) is 0 Å². The molecule has 0 aromatic heterocycles. The van der Waals surface area contributed by atoms with Gasteiger partial charge in [-0.05, 0) is 71.7 Å². The lowest BCUT2D eigenvalue weighted by Crippen LogP contribution is -2.12. The topological polar surface area (TPSA) is 77.4 Å². The lowest BCUT2D eigenvalue weighted by Gasteiger charge is -2.15. The van der Waals surface area contributed by atoms with Crippen LogP contribution in [0.2, 0.25) is 5.02 Å². The molecule has 6 nitrogen and oxygen atoms in total. The van der Waals surface area contributed by atoms with Gasteiger partial charge < -0.3 is 19.3 Å². The van der Waals surface area contributed by atoms with Gasteiger partial charge in [0.15, 0.2) is 11.5 Å². The Morgan fingerprint density at radius 3 is 2.50 bits per heavy atom. The summed E-state index contributed by atoms with van der Waals surface area (Å²) < 4.78 is 17.8. The van der Waals surface area contributed by atoms with Crippen molar-refractivity contribution in [2.45, 2.75) is 20.5 Å². The van der Waals surface area contributed by atoms with Crippen molar-refractivity contribution < 1.29 is 24.1 Å². The minimum absolute atomic E-state index is 0.0377. The summed E-state index contributed by atoms with van der Waals surface area (Å²) in [6.45, 7) is 4.47. The Morgan fingerprint density at radius 1 is 1.05 bits per heavy atom. The molecule has 4 rings (SSSR count). The molecule has 0 radical (unpaired) electrons. The van der Waals surface area contributed by atoms with E-state index in [0.29, 0.717) is 43.2 Å². The van der Waals surface area contributed by atoms with Crippen LogP contribution in [0.4, 0.5) is 5.69 Å². The number of benzene rings is 3. The zero-order valence-electron chi connectivity index (χ0n) is 20.7. The van der Waals surface area contributed by atoms with Gasteiger partial charge in [0.1, 0.15) is 23.0 Å². The largest absolute Gasteiger partial charge is 0.506 e. The van der Waals surface area contributed by atoms with Gasteiger partial charge in [0.25, 0.3) is 0 Å². The molecule has 1 N–H and O–H groups in total. The van der Waals surface area contributed by atoms with E-state index in [4.69, 9.17) is 25.8 Å². The Labute approximate surface area is 239 Å². The molecule has 0 spiro atoms. The van der Waals surface area contributed by atoms with Crippen LogP contribution >= 0.6 is 39.3 Å². The summed E-state index contributed by atoms with van der Waals surface area (Å²) in [5.74, 6) is 0.244. The maximum Gasteiger partial charge on any atom is 0.344 e. The van der Waals surface area contributed by atoms with E-state index in [2.05, 4.69) is 20.9 Å². The van der Waals surface area contributed by atoms with Crippen LogP contribution in [0.1, 0.15) is 25.0 Å². The fourth-order valence-electron chi connectivity index (χ4n) is 3.60. The molecule has 0 unspecified atom stereocenters. The highest BCUT2D eigenvalue weighted by Crippen LogP contribution is 2.43. The average molecular weight is 615 g/mol. The number of hydrogen-bond donors (Lipinski definition) is 1. The van der Waals surface area contributed by atoms with Crippen molar-refractivity contribution >= 4 is 62.1 Å². The van der Waals surface area contributed by atoms with E-state index < -0.39 is 5.97 Å².